The smallest absolute Gasteiger partial charge is 0.417 e. The van der Waals surface area contributed by atoms with Crippen LogP contribution in [-0.2, 0) is 16.5 Å². The first-order chi connectivity index (χ1) is 14.2. The fraction of sp³-hybridized carbons (Fsp3) is 0.400. The SMILES string of the molecule is O=C(OCCSc1ccc(C(F)(F)F)cn1)N1CCC(O)(c2ccc(Cl)cc2)CC1. The van der Waals surface area contributed by atoms with E-state index in [0.717, 1.165) is 17.8 Å². The van der Waals surface area contributed by atoms with Crippen molar-refractivity contribution in [3.63, 3.8) is 0 Å². The molecule has 5 nitrogen and oxygen atoms in total. The predicted molar refractivity (Wildman–Crippen MR) is 107 cm³/mol. The molecule has 0 radical (unpaired) electrons. The van der Waals surface area contributed by atoms with Gasteiger partial charge in [-0.3, -0.25) is 0 Å². The molecular formula is C20H20ClF3N2O3S. The van der Waals surface area contributed by atoms with Crippen molar-refractivity contribution in [3.05, 3.63) is 58.7 Å². The standard InChI is InChI=1S/C20H20ClF3N2O3S/c21-16-4-1-14(2-5-16)19(28)7-9-26(10-8-19)18(27)29-11-12-30-17-6-3-15(13-25-17)20(22,23)24/h1-6,13,28H,7-12H2. The normalized spacial score (nSPS) is 16.4. The van der Waals surface area contributed by atoms with Crippen molar-refractivity contribution in [3.8, 4) is 0 Å². The van der Waals surface area contributed by atoms with Crippen LogP contribution in [0.2, 0.25) is 5.02 Å². The molecule has 0 spiro atoms. The third-order valence-electron chi connectivity index (χ3n) is 4.85. The summed E-state index contributed by atoms with van der Waals surface area (Å²) in [5.74, 6) is 0.368. The van der Waals surface area contributed by atoms with Crippen LogP contribution in [0, 0.1) is 0 Å². The molecule has 0 unspecified atom stereocenters. The number of ether oxygens (including phenoxy) is 1. The van der Waals surface area contributed by atoms with E-state index in [2.05, 4.69) is 4.98 Å². The molecule has 0 saturated carbocycles. The Kier molecular flexibility index (Phi) is 7.15. The molecule has 0 aliphatic carbocycles. The summed E-state index contributed by atoms with van der Waals surface area (Å²) >= 11 is 7.08. The van der Waals surface area contributed by atoms with Gasteiger partial charge in [-0.1, -0.05) is 23.7 Å². The van der Waals surface area contributed by atoms with Crippen LogP contribution in [-0.4, -0.2) is 46.5 Å². The molecule has 3 rings (SSSR count). The van der Waals surface area contributed by atoms with Crippen molar-refractivity contribution in [2.75, 3.05) is 25.4 Å². The third-order valence-corrected chi connectivity index (χ3v) is 6.01. The summed E-state index contributed by atoms with van der Waals surface area (Å²) in [5.41, 5.74) is -1.05. The van der Waals surface area contributed by atoms with E-state index in [1.165, 1.54) is 22.7 Å². The molecule has 1 aliphatic rings. The van der Waals surface area contributed by atoms with Gasteiger partial charge in [0.05, 0.1) is 16.2 Å². The minimum atomic E-state index is -4.42. The molecular weight excluding hydrogens is 441 g/mol. The lowest BCUT2D eigenvalue weighted by Gasteiger charge is -2.38. The number of halogens is 4. The van der Waals surface area contributed by atoms with Gasteiger partial charge >= 0.3 is 12.3 Å². The van der Waals surface area contributed by atoms with E-state index >= 15 is 0 Å². The zero-order valence-electron chi connectivity index (χ0n) is 15.9. The fourth-order valence-corrected chi connectivity index (χ4v) is 3.90. The first kappa shape index (κ1) is 22.7. The summed E-state index contributed by atoms with van der Waals surface area (Å²) in [6.45, 7) is 0.807. The van der Waals surface area contributed by atoms with Crippen molar-refractivity contribution in [1.82, 2.24) is 9.88 Å². The summed E-state index contributed by atoms with van der Waals surface area (Å²) < 4.78 is 42.8. The number of alkyl halides is 3. The second kappa shape index (κ2) is 9.45. The number of aliphatic hydroxyl groups is 1. The Hall–Kier alpha value is -1.97. The van der Waals surface area contributed by atoms with Gasteiger partial charge in [0.15, 0.2) is 0 Å². The van der Waals surface area contributed by atoms with E-state index in [0.29, 0.717) is 41.7 Å². The number of amides is 1. The molecule has 1 aromatic carbocycles. The second-order valence-corrected chi connectivity index (χ2v) is 8.42. The van der Waals surface area contributed by atoms with Crippen LogP contribution in [0.4, 0.5) is 18.0 Å². The van der Waals surface area contributed by atoms with Crippen molar-refractivity contribution in [2.24, 2.45) is 0 Å². The lowest BCUT2D eigenvalue weighted by atomic mass is 9.84. The van der Waals surface area contributed by atoms with Crippen LogP contribution >= 0.6 is 23.4 Å². The molecule has 1 aliphatic heterocycles. The number of hydrogen-bond acceptors (Lipinski definition) is 5. The first-order valence-corrected chi connectivity index (χ1v) is 10.6. The molecule has 0 bridgehead atoms. The quantitative estimate of drug-likeness (QED) is 0.504. The zero-order chi connectivity index (χ0) is 21.8. The number of piperidine rings is 1. The number of hydrogen-bond donors (Lipinski definition) is 1. The molecule has 2 heterocycles. The Morgan fingerprint density at radius 3 is 2.43 bits per heavy atom. The summed E-state index contributed by atoms with van der Waals surface area (Å²) in [6.07, 6.45) is -3.35. The number of carbonyl (C=O) groups is 1. The number of carbonyl (C=O) groups excluding carboxylic acids is 1. The summed E-state index contributed by atoms with van der Waals surface area (Å²) in [6, 6.07) is 9.26. The number of thioether (sulfide) groups is 1. The minimum Gasteiger partial charge on any atom is -0.449 e. The molecule has 1 aromatic heterocycles. The van der Waals surface area contributed by atoms with Gasteiger partial charge in [-0.05, 0) is 42.7 Å². The Labute approximate surface area is 181 Å². The Morgan fingerprint density at radius 1 is 1.20 bits per heavy atom. The Balaban J connectivity index is 1.40. The number of pyridine rings is 1. The molecule has 1 fully saturated rings. The van der Waals surface area contributed by atoms with Crippen LogP contribution < -0.4 is 0 Å². The van der Waals surface area contributed by atoms with Crippen LogP contribution in [0.5, 0.6) is 0 Å². The maximum atomic E-state index is 12.5. The van der Waals surface area contributed by atoms with E-state index in [4.69, 9.17) is 16.3 Å². The Morgan fingerprint density at radius 2 is 1.87 bits per heavy atom. The van der Waals surface area contributed by atoms with Gasteiger partial charge in [0, 0.05) is 30.1 Å². The number of nitrogens with zero attached hydrogens (tertiary/aromatic N) is 2. The molecule has 162 valence electrons. The van der Waals surface area contributed by atoms with Gasteiger partial charge in [-0.2, -0.15) is 13.2 Å². The van der Waals surface area contributed by atoms with Crippen molar-refractivity contribution < 1.29 is 27.8 Å². The predicted octanol–water partition coefficient (Wildman–Crippen LogP) is 4.97. The molecule has 1 amide bonds. The lowest BCUT2D eigenvalue weighted by Crippen LogP contribution is -2.45. The number of aromatic nitrogens is 1. The van der Waals surface area contributed by atoms with Crippen LogP contribution in [0.25, 0.3) is 0 Å². The van der Waals surface area contributed by atoms with E-state index < -0.39 is 23.4 Å². The summed E-state index contributed by atoms with van der Waals surface area (Å²) in [5, 5.41) is 11.9. The van der Waals surface area contributed by atoms with E-state index in [9.17, 15) is 23.1 Å². The minimum absolute atomic E-state index is 0.101. The highest BCUT2D eigenvalue weighted by atomic mass is 35.5. The highest BCUT2D eigenvalue weighted by molar-refractivity contribution is 7.99. The largest absolute Gasteiger partial charge is 0.449 e. The molecule has 0 atom stereocenters. The fourth-order valence-electron chi connectivity index (χ4n) is 3.11. The second-order valence-electron chi connectivity index (χ2n) is 6.87. The van der Waals surface area contributed by atoms with Crippen molar-refractivity contribution >= 4 is 29.5 Å². The highest BCUT2D eigenvalue weighted by Gasteiger charge is 2.36. The number of likely N-dealkylation sites (tertiary alicyclic amines) is 1. The monoisotopic (exact) mass is 460 g/mol. The van der Waals surface area contributed by atoms with Gasteiger partial charge in [0.2, 0.25) is 0 Å². The van der Waals surface area contributed by atoms with Gasteiger partial charge in [0.25, 0.3) is 0 Å². The topological polar surface area (TPSA) is 62.7 Å². The van der Waals surface area contributed by atoms with E-state index in [1.807, 2.05) is 0 Å². The zero-order valence-corrected chi connectivity index (χ0v) is 17.4. The van der Waals surface area contributed by atoms with Crippen molar-refractivity contribution in [2.45, 2.75) is 29.6 Å². The maximum absolute atomic E-state index is 12.5. The third kappa shape index (κ3) is 5.80. The first-order valence-electron chi connectivity index (χ1n) is 9.23. The number of benzene rings is 1. The molecule has 2 aromatic rings. The molecule has 10 heteroatoms. The molecule has 1 saturated heterocycles. The van der Waals surface area contributed by atoms with Crippen LogP contribution in [0.1, 0.15) is 24.0 Å². The highest BCUT2D eigenvalue weighted by Crippen LogP contribution is 2.33. The summed E-state index contributed by atoms with van der Waals surface area (Å²) in [4.78, 5) is 17.5. The molecule has 1 N–H and O–H groups in total. The van der Waals surface area contributed by atoms with Gasteiger partial charge in [-0.15, -0.1) is 11.8 Å². The average molecular weight is 461 g/mol. The lowest BCUT2D eigenvalue weighted by molar-refractivity contribution is -0.137. The summed E-state index contributed by atoms with van der Waals surface area (Å²) in [7, 11) is 0. The number of rotatable bonds is 5. The van der Waals surface area contributed by atoms with Gasteiger partial charge in [-0.25, -0.2) is 9.78 Å². The maximum Gasteiger partial charge on any atom is 0.417 e. The van der Waals surface area contributed by atoms with E-state index in [1.54, 1.807) is 24.3 Å². The van der Waals surface area contributed by atoms with Gasteiger partial charge < -0.3 is 14.7 Å². The molecule has 30 heavy (non-hydrogen) atoms. The van der Waals surface area contributed by atoms with Gasteiger partial charge in [0.1, 0.15) is 6.61 Å². The Bertz CT molecular complexity index is 855. The van der Waals surface area contributed by atoms with Crippen LogP contribution in [0.15, 0.2) is 47.6 Å². The van der Waals surface area contributed by atoms with E-state index in [-0.39, 0.29) is 6.61 Å². The van der Waals surface area contributed by atoms with Crippen LogP contribution in [0.3, 0.4) is 0 Å². The van der Waals surface area contributed by atoms with Crippen molar-refractivity contribution in [1.29, 1.82) is 0 Å². The average Bonchev–Trinajstić information content (AvgIpc) is 2.71.